The number of ketones is 1. The van der Waals surface area contributed by atoms with Gasteiger partial charge in [-0.1, -0.05) is 45.6 Å². The fraction of sp³-hybridized carbons (Fsp3) is 0.852. The van der Waals surface area contributed by atoms with E-state index in [1.165, 1.54) is 7.11 Å². The summed E-state index contributed by atoms with van der Waals surface area (Å²) in [6.45, 7) is 4.29. The van der Waals surface area contributed by atoms with E-state index in [0.717, 1.165) is 70.3 Å². The first kappa shape index (κ1) is 28.9. The van der Waals surface area contributed by atoms with Crippen LogP contribution in [0.15, 0.2) is 12.2 Å². The molecule has 1 aliphatic carbocycles. The number of esters is 1. The van der Waals surface area contributed by atoms with Crippen LogP contribution in [0.4, 0.5) is 8.78 Å². The van der Waals surface area contributed by atoms with Crippen LogP contribution in [0.25, 0.3) is 0 Å². The van der Waals surface area contributed by atoms with E-state index in [-0.39, 0.29) is 30.2 Å². The van der Waals surface area contributed by atoms with Crippen molar-refractivity contribution >= 4 is 11.8 Å². The molecule has 0 aromatic heterocycles. The van der Waals surface area contributed by atoms with Crippen LogP contribution in [0.3, 0.4) is 0 Å². The van der Waals surface area contributed by atoms with Gasteiger partial charge in [-0.2, -0.15) is 8.78 Å². The summed E-state index contributed by atoms with van der Waals surface area (Å²) in [6, 6.07) is 0. The quantitative estimate of drug-likeness (QED) is 0.148. The number of unbranched alkanes of at least 4 members (excludes halogenated alkanes) is 3. The van der Waals surface area contributed by atoms with Crippen LogP contribution >= 0.6 is 0 Å². The summed E-state index contributed by atoms with van der Waals surface area (Å²) in [6.07, 6.45) is 12.6. The van der Waals surface area contributed by atoms with Crippen molar-refractivity contribution in [2.75, 3.05) is 13.7 Å². The van der Waals surface area contributed by atoms with Crippen LogP contribution in [0.1, 0.15) is 97.3 Å². The van der Waals surface area contributed by atoms with Gasteiger partial charge in [0.25, 0.3) is 0 Å². The Morgan fingerprint density at radius 3 is 2.56 bits per heavy atom. The minimum Gasteiger partial charge on any atom is -0.469 e. The van der Waals surface area contributed by atoms with E-state index in [2.05, 4.69) is 4.74 Å². The topological polar surface area (TPSA) is 61.8 Å². The van der Waals surface area contributed by atoms with E-state index in [1.54, 1.807) is 13.0 Å². The van der Waals surface area contributed by atoms with Crippen molar-refractivity contribution in [3.63, 3.8) is 0 Å². The fourth-order valence-corrected chi connectivity index (χ4v) is 4.99. The molecule has 1 saturated carbocycles. The SMILES string of the molecule is CC[C@H](C)CC(F)(F)C(=O)/C=C/[C@@H]1[C@@H](CCCCCCC(=O)OC)CC[C@H]1OC1CCCCO1. The molecule has 0 aromatic rings. The highest BCUT2D eigenvalue weighted by Crippen LogP contribution is 2.40. The number of ether oxygens (including phenoxy) is 3. The molecule has 7 heteroatoms. The number of hydrogen-bond acceptors (Lipinski definition) is 5. The Hall–Kier alpha value is -1.34. The van der Waals surface area contributed by atoms with Gasteiger partial charge in [0.15, 0.2) is 6.29 Å². The van der Waals surface area contributed by atoms with Gasteiger partial charge in [0.05, 0.1) is 13.2 Å². The Morgan fingerprint density at radius 1 is 1.12 bits per heavy atom. The molecular weight excluding hydrogens is 442 g/mol. The first-order chi connectivity index (χ1) is 16.3. The van der Waals surface area contributed by atoms with Crippen molar-refractivity contribution in [2.45, 2.75) is 116 Å². The van der Waals surface area contributed by atoms with E-state index in [0.29, 0.717) is 25.4 Å². The fourth-order valence-electron chi connectivity index (χ4n) is 4.99. The van der Waals surface area contributed by atoms with Crippen LogP contribution in [0, 0.1) is 17.8 Å². The molecule has 0 amide bonds. The van der Waals surface area contributed by atoms with Crippen molar-refractivity contribution in [3.8, 4) is 0 Å². The maximum Gasteiger partial charge on any atom is 0.309 e. The summed E-state index contributed by atoms with van der Waals surface area (Å²) >= 11 is 0. The van der Waals surface area contributed by atoms with Crippen molar-refractivity contribution < 1.29 is 32.6 Å². The van der Waals surface area contributed by atoms with Gasteiger partial charge >= 0.3 is 11.9 Å². The molecule has 2 fully saturated rings. The lowest BCUT2D eigenvalue weighted by molar-refractivity contribution is -0.192. The number of hydrogen-bond donors (Lipinski definition) is 0. The first-order valence-electron chi connectivity index (χ1n) is 13.2. The van der Waals surface area contributed by atoms with Gasteiger partial charge in [0.1, 0.15) is 0 Å². The number of halogens is 2. The highest BCUT2D eigenvalue weighted by atomic mass is 19.3. The van der Waals surface area contributed by atoms with Gasteiger partial charge in [-0.3, -0.25) is 9.59 Å². The van der Waals surface area contributed by atoms with Crippen molar-refractivity contribution in [1.82, 2.24) is 0 Å². The molecule has 1 heterocycles. The third kappa shape index (κ3) is 9.73. The molecule has 0 aromatic carbocycles. The summed E-state index contributed by atoms with van der Waals surface area (Å²) in [5.41, 5.74) is 0. The Bertz CT molecular complexity index is 645. The maximum atomic E-state index is 14.4. The van der Waals surface area contributed by atoms with E-state index in [9.17, 15) is 18.4 Å². The summed E-state index contributed by atoms with van der Waals surface area (Å²) in [5.74, 6) is -4.59. The first-order valence-corrected chi connectivity index (χ1v) is 13.2. The molecule has 0 radical (unpaired) electrons. The monoisotopic (exact) mass is 486 g/mol. The number of carbonyl (C=O) groups is 2. The minimum atomic E-state index is -3.33. The largest absolute Gasteiger partial charge is 0.469 e. The van der Waals surface area contributed by atoms with Crippen LogP contribution in [0.2, 0.25) is 0 Å². The number of allylic oxidation sites excluding steroid dienone is 1. The number of rotatable bonds is 15. The lowest BCUT2D eigenvalue weighted by atomic mass is 9.88. The van der Waals surface area contributed by atoms with Gasteiger partial charge in [-0.15, -0.1) is 0 Å². The molecule has 1 aliphatic heterocycles. The molecule has 1 saturated heterocycles. The van der Waals surface area contributed by atoms with Crippen LogP contribution in [-0.4, -0.2) is 43.8 Å². The van der Waals surface area contributed by atoms with E-state index in [4.69, 9.17) is 9.47 Å². The second kappa shape index (κ2) is 14.9. The normalized spacial score (nSPS) is 26.6. The molecule has 34 heavy (non-hydrogen) atoms. The molecule has 2 aliphatic rings. The maximum absolute atomic E-state index is 14.4. The third-order valence-corrected chi connectivity index (χ3v) is 7.33. The standard InChI is InChI=1S/C27H44F2O5/c1-4-20(2)19-27(28,29)24(30)17-15-22-21(11-7-5-6-8-12-25(31)32-3)14-16-23(22)34-26-13-9-10-18-33-26/h15,17,20-23,26H,4-14,16,18-19H2,1-3H3/b17-15+/t20-,21-,22+,23+,26?/m0/s1. The number of carbonyl (C=O) groups excluding carboxylic acids is 2. The van der Waals surface area contributed by atoms with Gasteiger partial charge in [0, 0.05) is 25.4 Å². The lowest BCUT2D eigenvalue weighted by Crippen LogP contribution is -2.32. The molecule has 196 valence electrons. The van der Waals surface area contributed by atoms with Crippen LogP contribution < -0.4 is 0 Å². The second-order valence-electron chi connectivity index (χ2n) is 10.1. The average molecular weight is 487 g/mol. The molecule has 0 N–H and O–H groups in total. The molecule has 0 spiro atoms. The Labute approximate surface area is 204 Å². The Morgan fingerprint density at radius 2 is 1.88 bits per heavy atom. The third-order valence-electron chi connectivity index (χ3n) is 7.33. The Balaban J connectivity index is 1.95. The summed E-state index contributed by atoms with van der Waals surface area (Å²) in [5, 5.41) is 0. The van der Waals surface area contributed by atoms with Gasteiger partial charge in [-0.25, -0.2) is 0 Å². The molecule has 5 nitrogen and oxygen atoms in total. The predicted molar refractivity (Wildman–Crippen MR) is 128 cm³/mol. The van der Waals surface area contributed by atoms with Gasteiger partial charge < -0.3 is 14.2 Å². The van der Waals surface area contributed by atoms with Gasteiger partial charge in [-0.05, 0) is 62.9 Å². The molecule has 2 rings (SSSR count). The van der Waals surface area contributed by atoms with Gasteiger partial charge in [0.2, 0.25) is 5.78 Å². The van der Waals surface area contributed by atoms with E-state index in [1.807, 2.05) is 6.92 Å². The van der Waals surface area contributed by atoms with Crippen molar-refractivity contribution in [2.24, 2.45) is 17.8 Å². The van der Waals surface area contributed by atoms with Crippen LogP contribution in [0.5, 0.6) is 0 Å². The highest BCUT2D eigenvalue weighted by molar-refractivity contribution is 5.95. The summed E-state index contributed by atoms with van der Waals surface area (Å²) in [4.78, 5) is 23.6. The van der Waals surface area contributed by atoms with E-state index < -0.39 is 18.1 Å². The average Bonchev–Trinajstić information content (AvgIpc) is 3.20. The number of alkyl halides is 2. The van der Waals surface area contributed by atoms with E-state index >= 15 is 0 Å². The van der Waals surface area contributed by atoms with Crippen LogP contribution in [-0.2, 0) is 23.8 Å². The molecule has 1 unspecified atom stereocenters. The lowest BCUT2D eigenvalue weighted by Gasteiger charge is -2.29. The minimum absolute atomic E-state index is 0.0658. The Kier molecular flexibility index (Phi) is 12.7. The second-order valence-corrected chi connectivity index (χ2v) is 10.1. The zero-order valence-electron chi connectivity index (χ0n) is 21.2. The van der Waals surface area contributed by atoms with Crippen molar-refractivity contribution in [3.05, 3.63) is 12.2 Å². The molecule has 0 bridgehead atoms. The molecular formula is C27H44F2O5. The highest BCUT2D eigenvalue weighted by Gasteiger charge is 2.40. The smallest absolute Gasteiger partial charge is 0.309 e. The number of methoxy groups -OCH3 is 1. The zero-order chi connectivity index (χ0) is 25.0. The summed E-state index contributed by atoms with van der Waals surface area (Å²) in [7, 11) is 1.40. The summed E-state index contributed by atoms with van der Waals surface area (Å²) < 4.78 is 45.5. The molecule has 5 atom stereocenters. The predicted octanol–water partition coefficient (Wildman–Crippen LogP) is 6.63. The zero-order valence-corrected chi connectivity index (χ0v) is 21.2. The van der Waals surface area contributed by atoms with Crippen molar-refractivity contribution in [1.29, 1.82) is 0 Å².